The second kappa shape index (κ2) is 13.9. The van der Waals surface area contributed by atoms with Crippen LogP contribution in [-0.2, 0) is 17.7 Å². The number of aromatic amines is 1. The number of aryl methyl sites for hydroxylation is 1. The maximum atomic E-state index is 15.6. The standard InChI is InChI=1S/C35H42FN3O5S2/c1-22(2)29-18-25(20-45-29)33(42)39-16-17-44-35(21-39)12-14-38(15-13-35)19-24-8-5-7-23(30(24)36)6-3-4-9-27(40)26-10-11-28(41)31-32(26)46-34(43)37-31/h5,7-8,10-11,18,20,22,27,40-41H,3-4,6,9,12-17,19,21H2,1-2H3,(H,37,43)/t27-/m0/s1. The summed E-state index contributed by atoms with van der Waals surface area (Å²) in [5, 5.41) is 22.8. The number of ether oxygens (including phenoxy) is 1. The van der Waals surface area contributed by atoms with Gasteiger partial charge in [-0.1, -0.05) is 55.9 Å². The first-order chi connectivity index (χ1) is 22.1. The topological polar surface area (TPSA) is 106 Å². The van der Waals surface area contributed by atoms with Crippen molar-refractivity contribution < 1.29 is 24.1 Å². The van der Waals surface area contributed by atoms with Gasteiger partial charge in [-0.25, -0.2) is 4.39 Å². The molecule has 11 heteroatoms. The number of piperidine rings is 1. The largest absolute Gasteiger partial charge is 0.506 e. The van der Waals surface area contributed by atoms with E-state index in [1.54, 1.807) is 17.4 Å². The van der Waals surface area contributed by atoms with E-state index in [0.29, 0.717) is 84.7 Å². The summed E-state index contributed by atoms with van der Waals surface area (Å²) in [4.78, 5) is 32.9. The first-order valence-corrected chi connectivity index (χ1v) is 17.8. The van der Waals surface area contributed by atoms with Crippen LogP contribution in [0.4, 0.5) is 4.39 Å². The molecule has 0 bridgehead atoms. The molecule has 0 unspecified atom stereocenters. The van der Waals surface area contributed by atoms with Crippen LogP contribution in [0, 0.1) is 5.82 Å². The predicted molar refractivity (Wildman–Crippen MR) is 181 cm³/mol. The highest BCUT2D eigenvalue weighted by molar-refractivity contribution is 7.16. The van der Waals surface area contributed by atoms with Gasteiger partial charge in [0, 0.05) is 47.6 Å². The SMILES string of the molecule is CC(C)c1cc(C(=O)N2CCOC3(CCN(Cc4cccc(CCCC[C@H](O)c5ccc(O)c6[nH]c(=O)sc56)c4F)CC3)C2)cs1. The molecule has 2 aromatic heterocycles. The van der Waals surface area contributed by atoms with Crippen LogP contribution in [0.5, 0.6) is 5.75 Å². The van der Waals surface area contributed by atoms with Crippen LogP contribution in [0.15, 0.2) is 46.6 Å². The van der Waals surface area contributed by atoms with E-state index in [2.05, 4.69) is 23.7 Å². The number of aliphatic hydroxyl groups is 1. The molecule has 2 aliphatic rings. The van der Waals surface area contributed by atoms with Crippen LogP contribution in [0.25, 0.3) is 10.2 Å². The van der Waals surface area contributed by atoms with E-state index < -0.39 is 6.10 Å². The van der Waals surface area contributed by atoms with E-state index in [1.807, 2.05) is 34.5 Å². The number of morpholine rings is 1. The molecule has 2 aromatic carbocycles. The molecular weight excluding hydrogens is 626 g/mol. The minimum atomic E-state index is -0.778. The van der Waals surface area contributed by atoms with Gasteiger partial charge in [0.1, 0.15) is 17.1 Å². The molecule has 46 heavy (non-hydrogen) atoms. The van der Waals surface area contributed by atoms with Gasteiger partial charge in [-0.15, -0.1) is 11.3 Å². The Hall–Kier alpha value is -3.09. The number of hydrogen-bond acceptors (Lipinski definition) is 8. The van der Waals surface area contributed by atoms with E-state index in [4.69, 9.17) is 4.74 Å². The third-order valence-electron chi connectivity index (χ3n) is 9.41. The van der Waals surface area contributed by atoms with Crippen molar-refractivity contribution in [1.82, 2.24) is 14.8 Å². The maximum absolute atomic E-state index is 15.6. The summed E-state index contributed by atoms with van der Waals surface area (Å²) < 4.78 is 22.5. The molecule has 2 saturated heterocycles. The first kappa shape index (κ1) is 32.8. The van der Waals surface area contributed by atoms with E-state index in [0.717, 1.165) is 42.8 Å². The number of aliphatic hydroxyl groups excluding tert-OH is 1. The molecule has 4 heterocycles. The highest BCUT2D eigenvalue weighted by Gasteiger charge is 2.41. The lowest BCUT2D eigenvalue weighted by Gasteiger charge is -2.47. The second-order valence-corrected chi connectivity index (χ2v) is 14.9. The number of carbonyl (C=O) groups is 1. The minimum Gasteiger partial charge on any atom is -0.506 e. The molecule has 2 fully saturated rings. The highest BCUT2D eigenvalue weighted by atomic mass is 32.1. The number of likely N-dealkylation sites (tertiary alicyclic amines) is 1. The van der Waals surface area contributed by atoms with Crippen LogP contribution in [0.2, 0.25) is 0 Å². The number of nitrogens with zero attached hydrogens (tertiary/aromatic N) is 2. The second-order valence-electron chi connectivity index (χ2n) is 13.0. The average Bonchev–Trinajstić information content (AvgIpc) is 3.70. The van der Waals surface area contributed by atoms with Crippen LogP contribution < -0.4 is 4.87 Å². The fourth-order valence-electron chi connectivity index (χ4n) is 6.69. The number of thiazole rings is 1. The number of H-pyrrole nitrogens is 1. The number of nitrogens with one attached hydrogen (secondary N) is 1. The number of carbonyl (C=O) groups excluding carboxylic acids is 1. The number of rotatable bonds is 10. The zero-order valence-electron chi connectivity index (χ0n) is 26.4. The van der Waals surface area contributed by atoms with Gasteiger partial charge in [-0.2, -0.15) is 0 Å². The van der Waals surface area contributed by atoms with Crippen molar-refractivity contribution in [1.29, 1.82) is 0 Å². The summed E-state index contributed by atoms with van der Waals surface area (Å²) >= 11 is 2.62. The van der Waals surface area contributed by atoms with Gasteiger partial charge in [0.25, 0.3) is 5.91 Å². The number of hydrogen-bond donors (Lipinski definition) is 3. The molecule has 0 saturated carbocycles. The summed E-state index contributed by atoms with van der Waals surface area (Å²) in [6, 6.07) is 10.8. The minimum absolute atomic E-state index is 0.0147. The Bertz CT molecular complexity index is 1740. The Morgan fingerprint density at radius 1 is 1.13 bits per heavy atom. The van der Waals surface area contributed by atoms with Crippen molar-refractivity contribution in [2.24, 2.45) is 0 Å². The number of aromatic nitrogens is 1. The molecule has 3 N–H and O–H groups in total. The molecule has 0 aliphatic carbocycles. The number of benzene rings is 2. The third-order valence-corrected chi connectivity index (χ3v) is 11.6. The molecule has 1 amide bonds. The molecule has 246 valence electrons. The fourth-order valence-corrected chi connectivity index (χ4v) is 8.51. The molecule has 0 radical (unpaired) electrons. The van der Waals surface area contributed by atoms with Gasteiger partial charge in [0.15, 0.2) is 0 Å². The lowest BCUT2D eigenvalue weighted by molar-refractivity contribution is -0.128. The van der Waals surface area contributed by atoms with Crippen LogP contribution >= 0.6 is 22.7 Å². The van der Waals surface area contributed by atoms with Crippen LogP contribution in [0.1, 0.15) is 89.9 Å². The van der Waals surface area contributed by atoms with Crippen molar-refractivity contribution >= 4 is 38.8 Å². The highest BCUT2D eigenvalue weighted by Crippen LogP contribution is 2.35. The average molecular weight is 668 g/mol. The smallest absolute Gasteiger partial charge is 0.305 e. The van der Waals surface area contributed by atoms with Crippen molar-refractivity contribution in [2.45, 2.75) is 76.5 Å². The molecule has 1 atom stereocenters. The van der Waals surface area contributed by atoms with Gasteiger partial charge in [-0.05, 0) is 55.7 Å². The lowest BCUT2D eigenvalue weighted by atomic mass is 9.88. The lowest BCUT2D eigenvalue weighted by Crippen LogP contribution is -2.57. The van der Waals surface area contributed by atoms with Crippen molar-refractivity contribution in [2.75, 3.05) is 32.8 Å². The molecule has 4 aromatic rings. The number of thiophene rings is 1. The number of halogens is 1. The van der Waals surface area contributed by atoms with Crippen LogP contribution in [-0.4, -0.2) is 69.3 Å². The summed E-state index contributed by atoms with van der Waals surface area (Å²) in [6.07, 6.45) is 3.26. The molecule has 1 spiro atoms. The quantitative estimate of drug-likeness (QED) is 0.165. The Morgan fingerprint density at radius 2 is 1.91 bits per heavy atom. The third kappa shape index (κ3) is 7.08. The van der Waals surface area contributed by atoms with E-state index >= 15 is 4.39 Å². The fraction of sp³-hybridized carbons (Fsp3) is 0.486. The molecule has 6 rings (SSSR count). The molecule has 8 nitrogen and oxygen atoms in total. The van der Waals surface area contributed by atoms with Gasteiger partial charge in [0.2, 0.25) is 0 Å². The Balaban J connectivity index is 0.992. The zero-order valence-corrected chi connectivity index (χ0v) is 28.0. The van der Waals surface area contributed by atoms with Gasteiger partial charge >= 0.3 is 4.87 Å². The summed E-state index contributed by atoms with van der Waals surface area (Å²) in [7, 11) is 0. The number of phenols is 1. The monoisotopic (exact) mass is 667 g/mol. The Morgan fingerprint density at radius 3 is 2.67 bits per heavy atom. The number of unbranched alkanes of at least 4 members (excludes halogenated alkanes) is 1. The maximum Gasteiger partial charge on any atom is 0.305 e. The van der Waals surface area contributed by atoms with E-state index in [9.17, 15) is 19.8 Å². The van der Waals surface area contributed by atoms with Gasteiger partial charge in [-0.3, -0.25) is 14.5 Å². The van der Waals surface area contributed by atoms with Crippen molar-refractivity contribution in [3.05, 3.63) is 84.4 Å². The molecular formula is C35H42FN3O5S2. The van der Waals surface area contributed by atoms with E-state index in [1.165, 1.54) is 10.9 Å². The van der Waals surface area contributed by atoms with Crippen LogP contribution in [0.3, 0.4) is 0 Å². The first-order valence-electron chi connectivity index (χ1n) is 16.2. The summed E-state index contributed by atoms with van der Waals surface area (Å²) in [5.74, 6) is 0.307. The van der Waals surface area contributed by atoms with Crippen molar-refractivity contribution in [3.63, 3.8) is 0 Å². The molecule has 2 aliphatic heterocycles. The normalized spacial score (nSPS) is 17.7. The van der Waals surface area contributed by atoms with Crippen molar-refractivity contribution in [3.8, 4) is 5.75 Å². The Kier molecular flexibility index (Phi) is 9.96. The summed E-state index contributed by atoms with van der Waals surface area (Å²) in [6.45, 7) is 8.09. The van der Waals surface area contributed by atoms with Gasteiger partial charge in [0.05, 0.1) is 35.1 Å². The number of aromatic hydroxyl groups is 1. The van der Waals surface area contributed by atoms with Gasteiger partial charge < -0.3 is 24.8 Å². The Labute approximate surface area is 276 Å². The van der Waals surface area contributed by atoms with E-state index in [-0.39, 0.29) is 27.9 Å². The summed E-state index contributed by atoms with van der Waals surface area (Å²) in [5.41, 5.74) is 2.75. The number of phenolic OH excluding ortho intramolecular Hbond substituents is 1. The number of fused-ring (bicyclic) bond motifs is 1. The predicted octanol–water partition coefficient (Wildman–Crippen LogP) is 6.57. The zero-order chi connectivity index (χ0) is 32.4. The number of amides is 1.